The van der Waals surface area contributed by atoms with Crippen LogP contribution in [0.4, 0.5) is 0 Å². The van der Waals surface area contributed by atoms with Gasteiger partial charge in [-0.2, -0.15) is 0 Å². The first-order valence-corrected chi connectivity index (χ1v) is 6.54. The van der Waals surface area contributed by atoms with Crippen LogP contribution >= 0.6 is 11.3 Å². The largest absolute Gasteiger partial charge is 0.477 e. The summed E-state index contributed by atoms with van der Waals surface area (Å²) in [5.74, 6) is -0.983. The van der Waals surface area contributed by atoms with Crippen molar-refractivity contribution in [3.63, 3.8) is 0 Å². The van der Waals surface area contributed by atoms with Gasteiger partial charge in [0, 0.05) is 5.92 Å². The lowest BCUT2D eigenvalue weighted by molar-refractivity contribution is -0.125. The van der Waals surface area contributed by atoms with Gasteiger partial charge >= 0.3 is 5.97 Å². The number of carboxylic acids is 1. The second-order valence-electron chi connectivity index (χ2n) is 4.24. The smallest absolute Gasteiger partial charge is 0.347 e. The molecule has 2 rings (SSSR count). The fourth-order valence-corrected chi connectivity index (χ4v) is 2.57. The molecule has 0 spiro atoms. The average molecular weight is 266 g/mol. The molecule has 1 aliphatic carbocycles. The van der Waals surface area contributed by atoms with Gasteiger partial charge in [-0.25, -0.2) is 9.78 Å². The summed E-state index contributed by atoms with van der Waals surface area (Å²) in [6, 6.07) is -0.254. The van der Waals surface area contributed by atoms with E-state index in [1.54, 1.807) is 0 Å². The molecule has 1 amide bonds. The van der Waals surface area contributed by atoms with Crippen LogP contribution in [0.5, 0.6) is 0 Å². The third-order valence-corrected chi connectivity index (χ3v) is 4.01. The first-order valence-electron chi connectivity index (χ1n) is 5.72. The van der Waals surface area contributed by atoms with Crippen LogP contribution in [0.25, 0.3) is 0 Å². The van der Waals surface area contributed by atoms with Crippen molar-refractivity contribution in [3.8, 4) is 0 Å². The number of aromatic nitrogens is 1. The highest BCUT2D eigenvalue weighted by atomic mass is 32.1. The van der Waals surface area contributed by atoms with E-state index >= 15 is 0 Å². The molecular weight excluding hydrogens is 252 g/mol. The lowest BCUT2D eigenvalue weighted by Crippen LogP contribution is -2.31. The van der Waals surface area contributed by atoms with E-state index in [0.29, 0.717) is 5.01 Å². The number of carbonyl (C=O) groups excluding carboxylic acids is 1. The molecule has 1 aromatic heterocycles. The molecule has 1 aliphatic rings. The van der Waals surface area contributed by atoms with Crippen molar-refractivity contribution in [2.75, 3.05) is 0 Å². The molecule has 0 saturated carbocycles. The maximum Gasteiger partial charge on any atom is 0.347 e. The molecule has 96 valence electrons. The minimum Gasteiger partial charge on any atom is -0.477 e. The van der Waals surface area contributed by atoms with E-state index in [-0.39, 0.29) is 22.7 Å². The number of rotatable bonds is 4. The molecule has 1 atom stereocenters. The van der Waals surface area contributed by atoms with Crippen molar-refractivity contribution in [3.05, 3.63) is 28.2 Å². The van der Waals surface area contributed by atoms with Crippen LogP contribution in [0.15, 0.2) is 18.3 Å². The Morgan fingerprint density at radius 2 is 2.17 bits per heavy atom. The third kappa shape index (κ3) is 2.76. The molecule has 1 heterocycles. The van der Waals surface area contributed by atoms with E-state index in [2.05, 4.69) is 10.3 Å². The van der Waals surface area contributed by atoms with Crippen LogP contribution in [0.1, 0.15) is 40.5 Å². The molecule has 0 aliphatic heterocycles. The molecule has 5 nitrogen and oxygen atoms in total. The Labute approximate surface area is 109 Å². The first kappa shape index (κ1) is 12.8. The first-order chi connectivity index (χ1) is 8.58. The predicted octanol–water partition coefficient (Wildman–Crippen LogP) is 1.98. The van der Waals surface area contributed by atoms with E-state index in [9.17, 15) is 9.59 Å². The Morgan fingerprint density at radius 1 is 1.50 bits per heavy atom. The Bertz CT molecular complexity index is 487. The highest BCUT2D eigenvalue weighted by Gasteiger charge is 2.22. The molecule has 0 fully saturated rings. The van der Waals surface area contributed by atoms with Crippen molar-refractivity contribution >= 4 is 23.2 Å². The number of nitrogens with one attached hydrogen (secondary N) is 1. The zero-order valence-corrected chi connectivity index (χ0v) is 10.7. The van der Waals surface area contributed by atoms with Crippen LogP contribution in [-0.2, 0) is 4.79 Å². The molecular formula is C12H14N2O3S. The summed E-state index contributed by atoms with van der Waals surface area (Å²) in [6.07, 6.45) is 6.87. The average Bonchev–Trinajstić information content (AvgIpc) is 3.00. The van der Waals surface area contributed by atoms with Crippen molar-refractivity contribution in [1.29, 1.82) is 0 Å². The number of nitrogens with zero attached hydrogens (tertiary/aromatic N) is 1. The SMILES string of the molecule is CC(NC(=O)C1CC=CC1)c1ncc(C(=O)O)s1. The number of carbonyl (C=O) groups is 2. The maximum absolute atomic E-state index is 11.9. The lowest BCUT2D eigenvalue weighted by atomic mass is 10.1. The van der Waals surface area contributed by atoms with E-state index in [1.807, 2.05) is 19.1 Å². The molecule has 1 aromatic rings. The second kappa shape index (κ2) is 5.30. The number of hydrogen-bond donors (Lipinski definition) is 2. The number of aromatic carboxylic acids is 1. The molecule has 0 aromatic carbocycles. The van der Waals surface area contributed by atoms with Crippen molar-refractivity contribution in [2.45, 2.75) is 25.8 Å². The molecule has 0 saturated heterocycles. The summed E-state index contributed by atoms with van der Waals surface area (Å²) < 4.78 is 0. The van der Waals surface area contributed by atoms with E-state index in [4.69, 9.17) is 5.11 Å². The van der Waals surface area contributed by atoms with E-state index in [0.717, 1.165) is 24.2 Å². The van der Waals surface area contributed by atoms with Gasteiger partial charge in [-0.1, -0.05) is 12.2 Å². The van der Waals surface area contributed by atoms with Gasteiger partial charge in [0.2, 0.25) is 5.91 Å². The topological polar surface area (TPSA) is 79.3 Å². The van der Waals surface area contributed by atoms with Crippen LogP contribution in [0.3, 0.4) is 0 Å². The quantitative estimate of drug-likeness (QED) is 0.817. The minimum atomic E-state index is -0.989. The Balaban J connectivity index is 1.96. The van der Waals surface area contributed by atoms with Crippen molar-refractivity contribution in [1.82, 2.24) is 10.3 Å². The monoisotopic (exact) mass is 266 g/mol. The van der Waals surface area contributed by atoms with Crippen molar-refractivity contribution < 1.29 is 14.7 Å². The van der Waals surface area contributed by atoms with Gasteiger partial charge in [0.1, 0.15) is 9.88 Å². The standard InChI is InChI=1S/C12H14N2O3S/c1-7(11-13-6-9(18-11)12(16)17)14-10(15)8-4-2-3-5-8/h2-3,6-8H,4-5H2,1H3,(H,14,15)(H,16,17). The fourth-order valence-electron chi connectivity index (χ4n) is 1.81. The maximum atomic E-state index is 11.9. The highest BCUT2D eigenvalue weighted by Crippen LogP contribution is 2.22. The summed E-state index contributed by atoms with van der Waals surface area (Å²) in [4.78, 5) is 26.8. The Morgan fingerprint density at radius 3 is 2.72 bits per heavy atom. The lowest BCUT2D eigenvalue weighted by Gasteiger charge is -2.14. The van der Waals surface area contributed by atoms with Gasteiger partial charge in [-0.15, -0.1) is 11.3 Å². The molecule has 1 unspecified atom stereocenters. The number of thiazole rings is 1. The van der Waals surface area contributed by atoms with Gasteiger partial charge < -0.3 is 10.4 Å². The van der Waals surface area contributed by atoms with Crippen molar-refractivity contribution in [2.24, 2.45) is 5.92 Å². The summed E-state index contributed by atoms with van der Waals surface area (Å²) in [7, 11) is 0. The van der Waals surface area contributed by atoms with Gasteiger partial charge in [0.05, 0.1) is 12.2 Å². The number of amides is 1. The molecule has 0 bridgehead atoms. The summed E-state index contributed by atoms with van der Waals surface area (Å²) in [5.41, 5.74) is 0. The van der Waals surface area contributed by atoms with Crippen LogP contribution in [0.2, 0.25) is 0 Å². The van der Waals surface area contributed by atoms with E-state index < -0.39 is 5.97 Å². The summed E-state index contributed by atoms with van der Waals surface area (Å²) >= 11 is 1.09. The zero-order chi connectivity index (χ0) is 13.1. The van der Waals surface area contributed by atoms with Crippen LogP contribution < -0.4 is 5.32 Å². The molecule has 0 radical (unpaired) electrons. The van der Waals surface area contributed by atoms with Gasteiger partial charge in [0.25, 0.3) is 0 Å². The normalized spacial score (nSPS) is 16.7. The minimum absolute atomic E-state index is 0.000394. The van der Waals surface area contributed by atoms with Gasteiger partial charge in [0.15, 0.2) is 0 Å². The number of allylic oxidation sites excluding steroid dienone is 2. The predicted molar refractivity (Wildman–Crippen MR) is 67.5 cm³/mol. The molecule has 6 heteroatoms. The fraction of sp³-hybridized carbons (Fsp3) is 0.417. The van der Waals surface area contributed by atoms with Crippen LogP contribution in [-0.4, -0.2) is 22.0 Å². The number of carboxylic acid groups (broad SMARTS) is 1. The van der Waals surface area contributed by atoms with Gasteiger partial charge in [-0.3, -0.25) is 4.79 Å². The van der Waals surface area contributed by atoms with E-state index in [1.165, 1.54) is 6.20 Å². The Kier molecular flexibility index (Phi) is 3.76. The third-order valence-electron chi connectivity index (χ3n) is 2.84. The summed E-state index contributed by atoms with van der Waals surface area (Å²) in [6.45, 7) is 1.81. The second-order valence-corrected chi connectivity index (χ2v) is 5.30. The zero-order valence-electron chi connectivity index (χ0n) is 9.92. The van der Waals surface area contributed by atoms with Gasteiger partial charge in [-0.05, 0) is 19.8 Å². The molecule has 18 heavy (non-hydrogen) atoms. The van der Waals surface area contributed by atoms with Crippen LogP contribution in [0, 0.1) is 5.92 Å². The molecule has 2 N–H and O–H groups in total. The Hall–Kier alpha value is -1.69. The number of hydrogen-bond acceptors (Lipinski definition) is 4. The highest BCUT2D eigenvalue weighted by molar-refractivity contribution is 7.13. The summed E-state index contributed by atoms with van der Waals surface area (Å²) in [5, 5.41) is 12.3.